The Morgan fingerprint density at radius 2 is 1.62 bits per heavy atom. The third-order valence-corrected chi connectivity index (χ3v) is 2.87. The summed E-state index contributed by atoms with van der Waals surface area (Å²) in [7, 11) is 0. The van der Waals surface area contributed by atoms with Crippen molar-refractivity contribution >= 4 is 18.1 Å². The summed E-state index contributed by atoms with van der Waals surface area (Å²) in [5.41, 5.74) is 0.590. The first-order valence-corrected chi connectivity index (χ1v) is 6.50. The van der Waals surface area contributed by atoms with Gasteiger partial charge in [0.2, 0.25) is 0 Å². The Kier molecular flexibility index (Phi) is 5.22. The normalized spacial score (nSPS) is 13.8. The molecule has 0 N–H and O–H groups in total. The van der Waals surface area contributed by atoms with Gasteiger partial charge in [-0.15, -0.1) is 0 Å². The maximum absolute atomic E-state index is 11.3. The molecule has 0 saturated heterocycles. The number of hydrogen-bond acceptors (Lipinski definition) is 5. The molecule has 0 bridgehead atoms. The van der Waals surface area contributed by atoms with Crippen LogP contribution in [0.3, 0.4) is 0 Å². The first-order chi connectivity index (χ1) is 10.2. The van der Waals surface area contributed by atoms with Crippen LogP contribution in [-0.2, 0) is 14.3 Å². The van der Waals surface area contributed by atoms with E-state index in [1.54, 1.807) is 24.3 Å². The molecular formula is C15H15NO5. The van der Waals surface area contributed by atoms with Gasteiger partial charge in [-0.05, 0) is 24.3 Å². The number of carbonyl (C=O) groups is 3. The summed E-state index contributed by atoms with van der Waals surface area (Å²) in [5, 5.41) is 0. The van der Waals surface area contributed by atoms with Crippen molar-refractivity contribution in [2.45, 2.75) is 0 Å². The molecule has 0 atom stereocenters. The molecule has 1 aromatic rings. The Hall–Kier alpha value is -2.47. The Balaban J connectivity index is 1.58. The van der Waals surface area contributed by atoms with E-state index >= 15 is 0 Å². The Morgan fingerprint density at radius 3 is 2.24 bits per heavy atom. The number of imide groups is 1. The van der Waals surface area contributed by atoms with Gasteiger partial charge in [-0.25, -0.2) is 0 Å². The van der Waals surface area contributed by atoms with Gasteiger partial charge in [0, 0.05) is 17.7 Å². The van der Waals surface area contributed by atoms with E-state index in [9.17, 15) is 14.4 Å². The fourth-order valence-electron chi connectivity index (χ4n) is 1.77. The van der Waals surface area contributed by atoms with Crippen LogP contribution in [0.1, 0.15) is 10.4 Å². The van der Waals surface area contributed by atoms with Crippen molar-refractivity contribution in [3.05, 3.63) is 42.0 Å². The highest BCUT2D eigenvalue weighted by Crippen LogP contribution is 2.10. The van der Waals surface area contributed by atoms with E-state index in [0.717, 1.165) is 11.2 Å². The van der Waals surface area contributed by atoms with Gasteiger partial charge in [0.05, 0.1) is 19.8 Å². The summed E-state index contributed by atoms with van der Waals surface area (Å²) in [5.74, 6) is 0.0310. The van der Waals surface area contributed by atoms with Crippen LogP contribution in [0, 0.1) is 0 Å². The molecule has 0 saturated carbocycles. The predicted octanol–water partition coefficient (Wildman–Crippen LogP) is 0.819. The Labute approximate surface area is 121 Å². The summed E-state index contributed by atoms with van der Waals surface area (Å²) >= 11 is 0. The van der Waals surface area contributed by atoms with Crippen LogP contribution in [-0.4, -0.2) is 49.4 Å². The van der Waals surface area contributed by atoms with Crippen molar-refractivity contribution in [1.82, 2.24) is 4.90 Å². The summed E-state index contributed by atoms with van der Waals surface area (Å²) in [6, 6.07) is 6.75. The molecule has 6 nitrogen and oxygen atoms in total. The number of ether oxygens (including phenoxy) is 2. The van der Waals surface area contributed by atoms with Crippen molar-refractivity contribution in [3.63, 3.8) is 0 Å². The second-order valence-corrected chi connectivity index (χ2v) is 4.31. The van der Waals surface area contributed by atoms with Crippen molar-refractivity contribution in [2.24, 2.45) is 0 Å². The van der Waals surface area contributed by atoms with E-state index in [2.05, 4.69) is 0 Å². The standard InChI is InChI=1S/C15H15NO5/c17-11-12-1-3-13(4-2-12)21-10-9-20-8-7-16-14(18)5-6-15(16)19/h1-6,11H,7-10H2. The molecule has 2 rings (SSSR count). The number of amides is 2. The summed E-state index contributed by atoms with van der Waals surface area (Å²) in [6.07, 6.45) is 3.26. The van der Waals surface area contributed by atoms with Crippen LogP contribution in [0.4, 0.5) is 0 Å². The van der Waals surface area contributed by atoms with Crippen molar-refractivity contribution in [3.8, 4) is 5.75 Å². The molecule has 0 fully saturated rings. The van der Waals surface area contributed by atoms with E-state index in [-0.39, 0.29) is 25.0 Å². The number of nitrogens with zero attached hydrogens (tertiary/aromatic N) is 1. The van der Waals surface area contributed by atoms with Gasteiger partial charge in [-0.1, -0.05) is 0 Å². The molecule has 1 heterocycles. The second kappa shape index (κ2) is 7.35. The molecule has 0 spiro atoms. The van der Waals surface area contributed by atoms with E-state index < -0.39 is 0 Å². The molecule has 0 aliphatic carbocycles. The highest BCUT2D eigenvalue weighted by Gasteiger charge is 2.22. The van der Waals surface area contributed by atoms with Crippen LogP contribution in [0.2, 0.25) is 0 Å². The lowest BCUT2D eigenvalue weighted by Crippen LogP contribution is -2.33. The monoisotopic (exact) mass is 289 g/mol. The van der Waals surface area contributed by atoms with Gasteiger partial charge in [0.15, 0.2) is 0 Å². The number of benzene rings is 1. The SMILES string of the molecule is O=Cc1ccc(OCCOCCN2C(=O)C=CC2=O)cc1. The third kappa shape index (κ3) is 4.25. The van der Waals surface area contributed by atoms with Crippen LogP contribution in [0.25, 0.3) is 0 Å². The molecule has 21 heavy (non-hydrogen) atoms. The zero-order valence-electron chi connectivity index (χ0n) is 11.4. The highest BCUT2D eigenvalue weighted by atomic mass is 16.5. The van der Waals surface area contributed by atoms with Crippen LogP contribution in [0.5, 0.6) is 5.75 Å². The lowest BCUT2D eigenvalue weighted by Gasteiger charge is -2.13. The first-order valence-electron chi connectivity index (χ1n) is 6.50. The zero-order chi connectivity index (χ0) is 15.1. The van der Waals surface area contributed by atoms with E-state index in [1.165, 1.54) is 12.2 Å². The average molecular weight is 289 g/mol. The molecule has 1 aromatic carbocycles. The zero-order valence-corrected chi connectivity index (χ0v) is 11.4. The third-order valence-electron chi connectivity index (χ3n) is 2.87. The maximum Gasteiger partial charge on any atom is 0.253 e. The van der Waals surface area contributed by atoms with Gasteiger partial charge in [-0.2, -0.15) is 0 Å². The predicted molar refractivity (Wildman–Crippen MR) is 74.0 cm³/mol. The van der Waals surface area contributed by atoms with Crippen molar-refractivity contribution in [2.75, 3.05) is 26.4 Å². The van der Waals surface area contributed by atoms with Gasteiger partial charge in [0.25, 0.3) is 11.8 Å². The van der Waals surface area contributed by atoms with Gasteiger partial charge in [0.1, 0.15) is 18.6 Å². The molecule has 1 aliphatic heterocycles. The van der Waals surface area contributed by atoms with Gasteiger partial charge in [-0.3, -0.25) is 19.3 Å². The molecule has 6 heteroatoms. The van der Waals surface area contributed by atoms with E-state index in [4.69, 9.17) is 9.47 Å². The molecular weight excluding hydrogens is 274 g/mol. The van der Waals surface area contributed by atoms with Gasteiger partial charge < -0.3 is 9.47 Å². The van der Waals surface area contributed by atoms with Crippen LogP contribution < -0.4 is 4.74 Å². The number of hydrogen-bond donors (Lipinski definition) is 0. The maximum atomic E-state index is 11.3. The van der Waals surface area contributed by atoms with E-state index in [0.29, 0.717) is 24.5 Å². The lowest BCUT2D eigenvalue weighted by molar-refractivity contribution is -0.137. The highest BCUT2D eigenvalue weighted by molar-refractivity contribution is 6.12. The molecule has 1 aliphatic rings. The minimum Gasteiger partial charge on any atom is -0.491 e. The Bertz CT molecular complexity index is 532. The van der Waals surface area contributed by atoms with Crippen molar-refractivity contribution < 1.29 is 23.9 Å². The Morgan fingerprint density at radius 1 is 0.952 bits per heavy atom. The minimum absolute atomic E-state index is 0.235. The summed E-state index contributed by atoms with van der Waals surface area (Å²) in [4.78, 5) is 34.1. The number of carbonyl (C=O) groups excluding carboxylic acids is 3. The lowest BCUT2D eigenvalue weighted by atomic mass is 10.2. The molecule has 0 unspecified atom stereocenters. The van der Waals surface area contributed by atoms with Gasteiger partial charge >= 0.3 is 0 Å². The number of aldehydes is 1. The second-order valence-electron chi connectivity index (χ2n) is 4.31. The average Bonchev–Trinajstić information content (AvgIpc) is 2.82. The van der Waals surface area contributed by atoms with Crippen molar-refractivity contribution in [1.29, 1.82) is 0 Å². The van der Waals surface area contributed by atoms with E-state index in [1.807, 2.05) is 0 Å². The minimum atomic E-state index is -0.310. The molecule has 2 amide bonds. The van der Waals surface area contributed by atoms with Crippen LogP contribution in [0.15, 0.2) is 36.4 Å². The molecule has 0 radical (unpaired) electrons. The largest absolute Gasteiger partial charge is 0.491 e. The van der Waals surface area contributed by atoms with Crippen LogP contribution >= 0.6 is 0 Å². The molecule has 0 aromatic heterocycles. The molecule has 110 valence electrons. The fraction of sp³-hybridized carbons (Fsp3) is 0.267. The first kappa shape index (κ1) is 14.9. The summed E-state index contributed by atoms with van der Waals surface area (Å²) in [6.45, 7) is 1.20. The fourth-order valence-corrected chi connectivity index (χ4v) is 1.77. The smallest absolute Gasteiger partial charge is 0.253 e. The quantitative estimate of drug-likeness (QED) is 0.402. The topological polar surface area (TPSA) is 72.9 Å². The number of rotatable bonds is 8. The summed E-state index contributed by atoms with van der Waals surface area (Å²) < 4.78 is 10.7.